The van der Waals surface area contributed by atoms with Gasteiger partial charge in [-0.1, -0.05) is 36.4 Å². The Morgan fingerprint density at radius 3 is 1.92 bits per heavy atom. The van der Waals surface area contributed by atoms with Gasteiger partial charge in [-0.2, -0.15) is 0 Å². The van der Waals surface area contributed by atoms with Gasteiger partial charge in [0.05, 0.1) is 21.3 Å². The molecule has 0 radical (unpaired) electrons. The summed E-state index contributed by atoms with van der Waals surface area (Å²) >= 11 is 2.35. The summed E-state index contributed by atoms with van der Waals surface area (Å²) in [7, 11) is 5.02. The third-order valence-corrected chi connectivity index (χ3v) is 5.01. The average Bonchev–Trinajstić information content (AvgIpc) is 2.67. The van der Waals surface area contributed by atoms with E-state index in [0.717, 1.165) is 43.1 Å². The molecule has 3 nitrogen and oxygen atoms in total. The van der Waals surface area contributed by atoms with Crippen LogP contribution in [0.3, 0.4) is 0 Å². The van der Waals surface area contributed by atoms with E-state index in [9.17, 15) is 0 Å². The van der Waals surface area contributed by atoms with Gasteiger partial charge in [0.15, 0.2) is 0 Å². The van der Waals surface area contributed by atoms with Gasteiger partial charge in [-0.3, -0.25) is 0 Å². The molecule has 4 heteroatoms. The van der Waals surface area contributed by atoms with Crippen LogP contribution in [-0.4, -0.2) is 21.3 Å². The van der Waals surface area contributed by atoms with Crippen LogP contribution in [0.25, 0.3) is 22.3 Å². The minimum atomic E-state index is 0.749. The number of rotatable bonds is 5. The number of ether oxygens (including phenoxy) is 3. The summed E-state index contributed by atoms with van der Waals surface area (Å²) in [6.45, 7) is 0. The first-order valence-corrected chi connectivity index (χ1v) is 8.91. The summed E-state index contributed by atoms with van der Waals surface area (Å²) in [5.74, 6) is 2.31. The fraction of sp³-hybridized carbons (Fsp3) is 0.143. The predicted octanol–water partition coefficient (Wildman–Crippen LogP) is 5.65. The lowest BCUT2D eigenvalue weighted by Gasteiger charge is -2.19. The Kier molecular flexibility index (Phi) is 5.48. The maximum Gasteiger partial charge on any atom is 0.131 e. The van der Waals surface area contributed by atoms with Gasteiger partial charge in [0.1, 0.15) is 17.2 Å². The van der Waals surface area contributed by atoms with Gasteiger partial charge in [-0.25, -0.2) is 0 Å². The van der Waals surface area contributed by atoms with Crippen molar-refractivity contribution in [1.29, 1.82) is 0 Å². The topological polar surface area (TPSA) is 27.7 Å². The molecule has 25 heavy (non-hydrogen) atoms. The zero-order valence-corrected chi connectivity index (χ0v) is 16.5. The molecule has 0 amide bonds. The largest absolute Gasteiger partial charge is 0.497 e. The fourth-order valence-electron chi connectivity index (χ4n) is 2.89. The molecule has 3 aromatic rings. The lowest BCUT2D eigenvalue weighted by molar-refractivity contribution is 0.394. The summed E-state index contributed by atoms with van der Waals surface area (Å²) in [4.78, 5) is 0. The molecule has 0 aliphatic heterocycles. The van der Waals surface area contributed by atoms with Gasteiger partial charge < -0.3 is 14.2 Å². The van der Waals surface area contributed by atoms with Crippen LogP contribution < -0.4 is 14.2 Å². The Bertz CT molecular complexity index is 890. The van der Waals surface area contributed by atoms with E-state index in [1.165, 1.54) is 0 Å². The van der Waals surface area contributed by atoms with E-state index in [2.05, 4.69) is 34.7 Å². The minimum absolute atomic E-state index is 0.749. The van der Waals surface area contributed by atoms with Crippen molar-refractivity contribution in [3.05, 3.63) is 64.2 Å². The Labute approximate surface area is 161 Å². The standard InChI is InChI=1S/C21H19IO3/c1-23-14-12-17(15-8-4-6-10-18(15)22)21(20(13-14)25-3)16-9-5-7-11-19(16)24-2/h4-13H,1-3H3. The number of para-hydroxylation sites is 1. The molecular formula is C21H19IO3. The van der Waals surface area contributed by atoms with E-state index in [1.807, 2.05) is 48.5 Å². The van der Waals surface area contributed by atoms with Crippen LogP contribution in [0.5, 0.6) is 17.2 Å². The highest BCUT2D eigenvalue weighted by atomic mass is 127. The zero-order chi connectivity index (χ0) is 17.8. The van der Waals surface area contributed by atoms with Gasteiger partial charge >= 0.3 is 0 Å². The number of hydrogen-bond acceptors (Lipinski definition) is 3. The molecule has 0 saturated carbocycles. The van der Waals surface area contributed by atoms with Crippen LogP contribution in [-0.2, 0) is 0 Å². The summed E-state index contributed by atoms with van der Waals surface area (Å²) in [5.41, 5.74) is 4.15. The van der Waals surface area contributed by atoms with Gasteiger partial charge in [-0.05, 0) is 51.9 Å². The van der Waals surface area contributed by atoms with Crippen molar-refractivity contribution in [1.82, 2.24) is 0 Å². The highest BCUT2D eigenvalue weighted by Gasteiger charge is 2.19. The van der Waals surface area contributed by atoms with Crippen molar-refractivity contribution in [3.63, 3.8) is 0 Å². The molecule has 3 aromatic carbocycles. The van der Waals surface area contributed by atoms with Crippen molar-refractivity contribution < 1.29 is 14.2 Å². The van der Waals surface area contributed by atoms with Crippen molar-refractivity contribution in [2.45, 2.75) is 0 Å². The van der Waals surface area contributed by atoms with E-state index in [0.29, 0.717) is 0 Å². The highest BCUT2D eigenvalue weighted by Crippen LogP contribution is 2.46. The van der Waals surface area contributed by atoms with E-state index >= 15 is 0 Å². The molecule has 0 spiro atoms. The quantitative estimate of drug-likeness (QED) is 0.474. The first kappa shape index (κ1) is 17.6. The molecular weight excluding hydrogens is 427 g/mol. The Hall–Kier alpha value is -2.21. The molecule has 0 heterocycles. The third kappa shape index (κ3) is 3.44. The summed E-state index contributed by atoms with van der Waals surface area (Å²) in [6.07, 6.45) is 0. The van der Waals surface area contributed by atoms with Gasteiger partial charge in [-0.15, -0.1) is 0 Å². The Morgan fingerprint density at radius 2 is 1.28 bits per heavy atom. The first-order chi connectivity index (χ1) is 12.2. The first-order valence-electron chi connectivity index (χ1n) is 7.84. The number of halogens is 1. The minimum Gasteiger partial charge on any atom is -0.497 e. The van der Waals surface area contributed by atoms with Crippen molar-refractivity contribution in [2.75, 3.05) is 21.3 Å². The molecule has 0 atom stereocenters. The van der Waals surface area contributed by atoms with Gasteiger partial charge in [0.25, 0.3) is 0 Å². The second-order valence-electron chi connectivity index (χ2n) is 5.43. The monoisotopic (exact) mass is 446 g/mol. The SMILES string of the molecule is COc1cc(OC)c(-c2ccccc2OC)c(-c2ccccc2I)c1. The molecule has 0 saturated heterocycles. The van der Waals surface area contributed by atoms with Crippen LogP contribution in [0.1, 0.15) is 0 Å². The molecule has 3 rings (SSSR count). The fourth-order valence-corrected chi connectivity index (χ4v) is 3.57. The number of methoxy groups -OCH3 is 3. The second-order valence-corrected chi connectivity index (χ2v) is 6.59. The zero-order valence-electron chi connectivity index (χ0n) is 14.4. The molecule has 0 aliphatic rings. The smallest absolute Gasteiger partial charge is 0.131 e. The Morgan fingerprint density at radius 1 is 0.640 bits per heavy atom. The second kappa shape index (κ2) is 7.78. The van der Waals surface area contributed by atoms with E-state index in [1.54, 1.807) is 21.3 Å². The van der Waals surface area contributed by atoms with Gasteiger partial charge in [0.2, 0.25) is 0 Å². The summed E-state index contributed by atoms with van der Waals surface area (Å²) in [6, 6.07) is 20.2. The summed E-state index contributed by atoms with van der Waals surface area (Å²) in [5, 5.41) is 0. The maximum atomic E-state index is 5.71. The van der Waals surface area contributed by atoms with Crippen LogP contribution in [0.2, 0.25) is 0 Å². The van der Waals surface area contributed by atoms with Crippen molar-refractivity contribution in [3.8, 4) is 39.5 Å². The van der Waals surface area contributed by atoms with Crippen LogP contribution in [0, 0.1) is 3.57 Å². The van der Waals surface area contributed by atoms with Crippen LogP contribution >= 0.6 is 22.6 Å². The molecule has 0 unspecified atom stereocenters. The summed E-state index contributed by atoms with van der Waals surface area (Å²) < 4.78 is 17.9. The lowest BCUT2D eigenvalue weighted by atomic mass is 9.92. The lowest BCUT2D eigenvalue weighted by Crippen LogP contribution is -1.97. The van der Waals surface area contributed by atoms with E-state index in [4.69, 9.17) is 14.2 Å². The van der Waals surface area contributed by atoms with E-state index in [-0.39, 0.29) is 0 Å². The molecule has 0 fully saturated rings. The number of hydrogen-bond donors (Lipinski definition) is 0. The van der Waals surface area contributed by atoms with Crippen LogP contribution in [0.15, 0.2) is 60.7 Å². The molecule has 0 aromatic heterocycles. The molecule has 0 N–H and O–H groups in total. The predicted molar refractivity (Wildman–Crippen MR) is 110 cm³/mol. The Balaban J connectivity index is 2.39. The normalized spacial score (nSPS) is 10.4. The van der Waals surface area contributed by atoms with Crippen molar-refractivity contribution in [2.24, 2.45) is 0 Å². The van der Waals surface area contributed by atoms with Gasteiger partial charge in [0, 0.05) is 20.8 Å². The van der Waals surface area contributed by atoms with E-state index < -0.39 is 0 Å². The highest BCUT2D eigenvalue weighted by molar-refractivity contribution is 14.1. The maximum absolute atomic E-state index is 5.71. The molecule has 0 aliphatic carbocycles. The third-order valence-electron chi connectivity index (χ3n) is 4.07. The molecule has 128 valence electrons. The molecule has 0 bridgehead atoms. The van der Waals surface area contributed by atoms with Crippen LogP contribution in [0.4, 0.5) is 0 Å². The van der Waals surface area contributed by atoms with Crippen molar-refractivity contribution >= 4 is 22.6 Å². The number of benzene rings is 3. The average molecular weight is 446 g/mol.